The molecule has 0 spiro atoms. The van der Waals surface area contributed by atoms with E-state index >= 15 is 0 Å². The Labute approximate surface area is 139 Å². The average Bonchev–Trinajstić information content (AvgIpc) is 3.30. The molecule has 0 saturated carbocycles. The van der Waals surface area contributed by atoms with Crippen LogP contribution in [0.4, 0.5) is 17.5 Å². The molecule has 1 atom stereocenters. The van der Waals surface area contributed by atoms with E-state index in [0.29, 0.717) is 17.7 Å². The van der Waals surface area contributed by atoms with Crippen LogP contribution in [0.3, 0.4) is 0 Å². The number of aromatic nitrogens is 5. The number of hydrogen-bond acceptors (Lipinski definition) is 6. The van der Waals surface area contributed by atoms with Gasteiger partial charge < -0.3 is 14.8 Å². The highest BCUT2D eigenvalue weighted by molar-refractivity contribution is 5.87. The number of rotatable bonds is 3. The van der Waals surface area contributed by atoms with Crippen LogP contribution in [0.5, 0.6) is 0 Å². The summed E-state index contributed by atoms with van der Waals surface area (Å²) >= 11 is 0. The van der Waals surface area contributed by atoms with E-state index in [9.17, 15) is 0 Å². The first-order chi connectivity index (χ1) is 11.8. The molecule has 1 aliphatic rings. The molecule has 3 aromatic heterocycles. The van der Waals surface area contributed by atoms with Crippen molar-refractivity contribution >= 4 is 28.5 Å². The summed E-state index contributed by atoms with van der Waals surface area (Å²) < 4.78 is 0. The van der Waals surface area contributed by atoms with Crippen LogP contribution in [0.15, 0.2) is 31.0 Å². The van der Waals surface area contributed by atoms with Crippen molar-refractivity contribution in [3.63, 3.8) is 0 Å². The van der Waals surface area contributed by atoms with Gasteiger partial charge in [-0.25, -0.2) is 24.8 Å². The van der Waals surface area contributed by atoms with Gasteiger partial charge in [-0.15, -0.1) is 0 Å². The minimum Gasteiger partial charge on any atom is -0.354 e. The van der Waals surface area contributed by atoms with E-state index < -0.39 is 0 Å². The molecule has 8 nitrogen and oxygen atoms in total. The predicted molar refractivity (Wildman–Crippen MR) is 91.2 cm³/mol. The zero-order valence-electron chi connectivity index (χ0n) is 13.2. The highest BCUT2D eigenvalue weighted by Gasteiger charge is 2.29. The van der Waals surface area contributed by atoms with Gasteiger partial charge in [0.05, 0.1) is 18.0 Å². The Balaban J connectivity index is 1.53. The molecule has 1 fully saturated rings. The zero-order chi connectivity index (χ0) is 16.5. The average molecular weight is 320 g/mol. The van der Waals surface area contributed by atoms with Gasteiger partial charge in [-0.2, -0.15) is 0 Å². The third-order valence-corrected chi connectivity index (χ3v) is 4.41. The number of H-pyrrole nitrogens is 1. The second kappa shape index (κ2) is 5.77. The molecule has 24 heavy (non-hydrogen) atoms. The van der Waals surface area contributed by atoms with Gasteiger partial charge in [-0.3, -0.25) is 0 Å². The summed E-state index contributed by atoms with van der Waals surface area (Å²) in [6.45, 7) is 8.74. The van der Waals surface area contributed by atoms with Gasteiger partial charge in [-0.1, -0.05) is 0 Å². The van der Waals surface area contributed by atoms with Gasteiger partial charge in [0, 0.05) is 38.7 Å². The van der Waals surface area contributed by atoms with Crippen LogP contribution >= 0.6 is 0 Å². The van der Waals surface area contributed by atoms with Crippen LogP contribution in [-0.2, 0) is 0 Å². The van der Waals surface area contributed by atoms with Crippen molar-refractivity contribution in [3.8, 4) is 0 Å². The maximum Gasteiger partial charge on any atom is 0.223 e. The van der Waals surface area contributed by atoms with Crippen LogP contribution in [-0.4, -0.2) is 51.1 Å². The van der Waals surface area contributed by atoms with Crippen molar-refractivity contribution in [2.75, 3.05) is 29.9 Å². The number of aromatic amines is 1. The van der Waals surface area contributed by atoms with Gasteiger partial charge in [0.1, 0.15) is 17.8 Å². The highest BCUT2D eigenvalue weighted by Crippen LogP contribution is 2.27. The molecule has 0 amide bonds. The Morgan fingerprint density at radius 2 is 2.12 bits per heavy atom. The van der Waals surface area contributed by atoms with Crippen LogP contribution in [0.2, 0.25) is 0 Å². The second-order valence-electron chi connectivity index (χ2n) is 5.79. The molecule has 3 aromatic rings. The Hall–Kier alpha value is -3.21. The maximum atomic E-state index is 6.97. The second-order valence-corrected chi connectivity index (χ2v) is 5.79. The Bertz CT molecular complexity index is 894. The van der Waals surface area contributed by atoms with Crippen molar-refractivity contribution in [1.29, 1.82) is 0 Å². The highest BCUT2D eigenvalue weighted by atomic mass is 15.3. The van der Waals surface area contributed by atoms with Crippen molar-refractivity contribution in [2.24, 2.45) is 0 Å². The van der Waals surface area contributed by atoms with Gasteiger partial charge in [0.25, 0.3) is 0 Å². The van der Waals surface area contributed by atoms with E-state index in [1.807, 2.05) is 19.3 Å². The van der Waals surface area contributed by atoms with Crippen molar-refractivity contribution in [1.82, 2.24) is 24.9 Å². The Morgan fingerprint density at radius 1 is 1.29 bits per heavy atom. The van der Waals surface area contributed by atoms with E-state index in [2.05, 4.69) is 39.6 Å². The predicted octanol–water partition coefficient (Wildman–Crippen LogP) is 2.01. The summed E-state index contributed by atoms with van der Waals surface area (Å²) in [6.07, 6.45) is 7.60. The van der Waals surface area contributed by atoms with E-state index in [0.717, 1.165) is 36.4 Å². The van der Waals surface area contributed by atoms with Gasteiger partial charge in [-0.05, 0) is 12.5 Å². The van der Waals surface area contributed by atoms with Gasteiger partial charge in [0.15, 0.2) is 0 Å². The van der Waals surface area contributed by atoms with Gasteiger partial charge >= 0.3 is 0 Å². The molecule has 0 aliphatic carbocycles. The molecular weight excluding hydrogens is 304 g/mol. The maximum absolute atomic E-state index is 6.97. The zero-order valence-corrected chi connectivity index (χ0v) is 13.2. The first-order valence-electron chi connectivity index (χ1n) is 7.71. The summed E-state index contributed by atoms with van der Waals surface area (Å²) in [7, 11) is 1.99. The first kappa shape index (κ1) is 14.4. The van der Waals surface area contributed by atoms with E-state index in [-0.39, 0.29) is 0 Å². The van der Waals surface area contributed by atoms with E-state index in [1.54, 1.807) is 18.7 Å². The number of fused-ring (bicyclic) bond motifs is 1. The summed E-state index contributed by atoms with van der Waals surface area (Å²) in [5, 5.41) is 1.04. The van der Waals surface area contributed by atoms with Crippen molar-refractivity contribution in [2.45, 2.75) is 12.5 Å². The smallest absolute Gasteiger partial charge is 0.223 e. The Morgan fingerprint density at radius 3 is 2.92 bits per heavy atom. The quantitative estimate of drug-likeness (QED) is 0.744. The van der Waals surface area contributed by atoms with E-state index in [1.165, 1.54) is 0 Å². The molecule has 0 aromatic carbocycles. The number of hydrogen-bond donors (Lipinski definition) is 1. The molecular formula is C16H16N8. The van der Waals surface area contributed by atoms with Crippen LogP contribution in [0.25, 0.3) is 15.9 Å². The van der Waals surface area contributed by atoms with Crippen molar-refractivity contribution < 1.29 is 0 Å². The molecule has 1 aliphatic heterocycles. The molecule has 0 radical (unpaired) electrons. The molecule has 120 valence electrons. The number of likely N-dealkylation sites (N-methyl/N-ethyl adjacent to an activating group) is 1. The molecule has 4 heterocycles. The monoisotopic (exact) mass is 320 g/mol. The molecule has 0 bridgehead atoms. The first-order valence-corrected chi connectivity index (χ1v) is 7.71. The third-order valence-electron chi connectivity index (χ3n) is 4.41. The van der Waals surface area contributed by atoms with E-state index in [4.69, 9.17) is 6.57 Å². The van der Waals surface area contributed by atoms with Gasteiger partial charge in [0.2, 0.25) is 11.6 Å². The minimum atomic E-state index is 0.299. The lowest BCUT2D eigenvalue weighted by Gasteiger charge is -2.25. The molecule has 1 saturated heterocycles. The molecule has 1 N–H and O–H groups in total. The van der Waals surface area contributed by atoms with Crippen LogP contribution in [0, 0.1) is 6.57 Å². The van der Waals surface area contributed by atoms with Crippen LogP contribution in [0.1, 0.15) is 6.42 Å². The number of anilines is 2. The van der Waals surface area contributed by atoms with Crippen LogP contribution < -0.4 is 9.80 Å². The lowest BCUT2D eigenvalue weighted by Crippen LogP contribution is -2.35. The topological polar surface area (TPSA) is 78.2 Å². The fraction of sp³-hybridized carbons (Fsp3) is 0.312. The molecule has 8 heteroatoms. The minimum absolute atomic E-state index is 0.299. The summed E-state index contributed by atoms with van der Waals surface area (Å²) in [5.41, 5.74) is 1.31. The fourth-order valence-electron chi connectivity index (χ4n) is 3.08. The molecule has 4 rings (SSSR count). The lowest BCUT2D eigenvalue weighted by molar-refractivity contribution is 0.674. The largest absolute Gasteiger partial charge is 0.354 e. The number of nitrogens with zero attached hydrogens (tertiary/aromatic N) is 7. The summed E-state index contributed by atoms with van der Waals surface area (Å²) in [4.78, 5) is 28.1. The number of nitrogens with one attached hydrogen (secondary N) is 1. The Kier molecular flexibility index (Phi) is 3.46. The summed E-state index contributed by atoms with van der Waals surface area (Å²) in [5.74, 6) is 1.60. The lowest BCUT2D eigenvalue weighted by atomic mass is 10.2. The van der Waals surface area contributed by atoms with Crippen molar-refractivity contribution in [3.05, 3.63) is 42.4 Å². The SMILES string of the molecule is [C-]#[N+]c1cnc(N(C)[C@@H]2CCN(c3ncnc4[nH]ccc34)C2)nc1. The standard InChI is InChI=1S/C16H16N8/c1-17-11-7-19-16(20-8-11)23(2)12-4-6-24(9-12)15-13-3-5-18-14(13)21-10-22-15/h3,5,7-8,10,12H,4,6,9H2,2H3,(H,18,21,22)/t12-/m1/s1. The third kappa shape index (κ3) is 2.40. The normalized spacial score (nSPS) is 17.2. The fourth-order valence-corrected chi connectivity index (χ4v) is 3.08. The summed E-state index contributed by atoms with van der Waals surface area (Å²) in [6, 6.07) is 2.31. The molecule has 0 unspecified atom stereocenters.